The molecular formula is C26H28ClFN2O7S. The number of hydrogen-bond donors (Lipinski definition) is 2. The zero-order chi connectivity index (χ0) is 27.1. The van der Waals surface area contributed by atoms with Gasteiger partial charge in [0.2, 0.25) is 10.0 Å². The maximum Gasteiger partial charge on any atom is 0.265 e. The van der Waals surface area contributed by atoms with E-state index in [-0.39, 0.29) is 65.7 Å². The van der Waals surface area contributed by atoms with E-state index >= 15 is 0 Å². The molecular weight excluding hydrogens is 539 g/mol. The Bertz CT molecular complexity index is 1320. The van der Waals surface area contributed by atoms with Gasteiger partial charge in [-0.2, -0.15) is 0 Å². The van der Waals surface area contributed by atoms with Crippen molar-refractivity contribution in [3.05, 3.63) is 58.9 Å². The van der Waals surface area contributed by atoms with Crippen molar-refractivity contribution in [3.8, 4) is 11.5 Å². The number of ether oxygens (including phenoxy) is 2. The van der Waals surface area contributed by atoms with Crippen LogP contribution in [0, 0.1) is 5.82 Å². The van der Waals surface area contributed by atoms with Gasteiger partial charge in [0.25, 0.3) is 11.8 Å². The number of hydrogen-bond acceptors (Lipinski definition) is 7. The molecule has 204 valence electrons. The first-order chi connectivity index (χ1) is 18.0. The molecule has 0 radical (unpaired) electrons. The average Bonchev–Trinajstić information content (AvgIpc) is 3.55. The third-order valence-electron chi connectivity index (χ3n) is 7.21. The molecule has 2 N–H and O–H groups in total. The van der Waals surface area contributed by atoms with E-state index in [1.54, 1.807) is 12.1 Å². The summed E-state index contributed by atoms with van der Waals surface area (Å²) in [4.78, 5) is 27.0. The summed E-state index contributed by atoms with van der Waals surface area (Å²) in [6.45, 7) is -0.294. The van der Waals surface area contributed by atoms with Gasteiger partial charge in [-0.1, -0.05) is 11.6 Å². The predicted molar refractivity (Wildman–Crippen MR) is 136 cm³/mol. The minimum Gasteiger partial charge on any atom is -0.490 e. The fourth-order valence-corrected chi connectivity index (χ4v) is 6.55. The second kappa shape index (κ2) is 10.3. The molecule has 3 atom stereocenters. The normalized spacial score (nSPS) is 23.6. The molecule has 1 unspecified atom stereocenters. The molecule has 5 rings (SSSR count). The molecule has 1 aliphatic carbocycles. The Morgan fingerprint density at radius 1 is 1.11 bits per heavy atom. The Kier molecular flexibility index (Phi) is 7.27. The van der Waals surface area contributed by atoms with E-state index in [1.165, 1.54) is 30.3 Å². The Labute approximate surface area is 224 Å². The number of nitrogens with one attached hydrogen (secondary N) is 1. The zero-order valence-electron chi connectivity index (χ0n) is 20.4. The van der Waals surface area contributed by atoms with E-state index in [1.807, 2.05) is 9.62 Å². The molecule has 1 saturated carbocycles. The first-order valence-electron chi connectivity index (χ1n) is 12.4. The van der Waals surface area contributed by atoms with Gasteiger partial charge in [0.15, 0.2) is 6.61 Å². The minimum atomic E-state index is -4.15. The number of rotatable bonds is 9. The van der Waals surface area contributed by atoms with E-state index in [4.69, 9.17) is 21.1 Å². The first kappa shape index (κ1) is 26.7. The second-order valence-corrected chi connectivity index (χ2v) is 12.3. The monoisotopic (exact) mass is 566 g/mol. The van der Waals surface area contributed by atoms with E-state index in [9.17, 15) is 27.5 Å². The highest BCUT2D eigenvalue weighted by Crippen LogP contribution is 2.38. The molecule has 12 heteroatoms. The number of nitrogens with zero attached hydrogens (tertiary/aromatic N) is 1. The highest BCUT2D eigenvalue weighted by atomic mass is 35.5. The van der Waals surface area contributed by atoms with Crippen LogP contribution in [0.25, 0.3) is 0 Å². The maximum absolute atomic E-state index is 13.2. The van der Waals surface area contributed by atoms with Crippen molar-refractivity contribution in [1.29, 1.82) is 0 Å². The van der Waals surface area contributed by atoms with Gasteiger partial charge < -0.3 is 19.5 Å². The lowest BCUT2D eigenvalue weighted by molar-refractivity contribution is -0.139. The van der Waals surface area contributed by atoms with Crippen molar-refractivity contribution in [2.75, 3.05) is 6.61 Å². The quantitative estimate of drug-likeness (QED) is 0.478. The van der Waals surface area contributed by atoms with Gasteiger partial charge in [-0.05, 0) is 68.1 Å². The zero-order valence-corrected chi connectivity index (χ0v) is 22.0. The minimum absolute atomic E-state index is 0.0104. The fraction of sp³-hybridized carbons (Fsp3) is 0.462. The third kappa shape index (κ3) is 6.05. The Balaban J connectivity index is 1.20. The molecule has 2 saturated heterocycles. The number of fused-ring (bicyclic) bond motifs is 2. The van der Waals surface area contributed by atoms with Crippen molar-refractivity contribution in [2.45, 2.75) is 68.1 Å². The molecule has 38 heavy (non-hydrogen) atoms. The van der Waals surface area contributed by atoms with Crippen LogP contribution in [0.4, 0.5) is 4.39 Å². The summed E-state index contributed by atoms with van der Waals surface area (Å²) >= 11 is 6.06. The van der Waals surface area contributed by atoms with E-state index in [0.29, 0.717) is 18.6 Å². The van der Waals surface area contributed by atoms with Crippen LogP contribution in [0.15, 0.2) is 42.5 Å². The van der Waals surface area contributed by atoms with Crippen molar-refractivity contribution in [2.24, 2.45) is 0 Å². The number of benzene rings is 2. The number of sulfonamides is 1. The number of aliphatic hydroxyl groups is 1. The molecule has 9 nitrogen and oxygen atoms in total. The molecule has 3 fully saturated rings. The van der Waals surface area contributed by atoms with E-state index in [0.717, 1.165) is 12.8 Å². The number of piperidine rings is 1. The van der Waals surface area contributed by atoms with E-state index < -0.39 is 27.3 Å². The molecule has 2 aliphatic heterocycles. The number of carbonyl (C=O) groups is 2. The van der Waals surface area contributed by atoms with Crippen LogP contribution in [-0.4, -0.2) is 60.6 Å². The van der Waals surface area contributed by atoms with Crippen LogP contribution < -0.4 is 14.2 Å². The molecule has 2 amide bonds. The standard InChI is InChI=1S/C26H28ClFN2O7S/c27-17-1-8-23(16(11-17)15-38(34,35)29-25(32)26(33)9-10-26)36-14-24(31)30-19-4-5-20(30)13-22(12-19)37-21-6-2-18(28)3-7-21/h1-3,6-8,11,19-20,22,33H,4-5,9-10,12-15H2,(H,29,32)/t19-,20+,22?. The summed E-state index contributed by atoms with van der Waals surface area (Å²) in [5.74, 6) is -1.37. The number of carbonyl (C=O) groups excluding carboxylic acids is 2. The highest BCUT2D eigenvalue weighted by molar-refractivity contribution is 7.89. The largest absolute Gasteiger partial charge is 0.490 e. The second-order valence-electron chi connectivity index (χ2n) is 10.1. The summed E-state index contributed by atoms with van der Waals surface area (Å²) in [5, 5.41) is 10.1. The van der Waals surface area contributed by atoms with Crippen molar-refractivity contribution in [3.63, 3.8) is 0 Å². The van der Waals surface area contributed by atoms with Crippen LogP contribution >= 0.6 is 11.6 Å². The lowest BCUT2D eigenvalue weighted by Gasteiger charge is -2.38. The lowest BCUT2D eigenvalue weighted by Crippen LogP contribution is -2.50. The SMILES string of the molecule is O=C(COc1ccc(Cl)cc1CS(=O)(=O)NC(=O)C1(O)CC1)N1[C@@H]2CC[C@H]1CC(Oc1ccc(F)cc1)C2. The average molecular weight is 567 g/mol. The third-order valence-corrected chi connectivity index (χ3v) is 8.63. The summed E-state index contributed by atoms with van der Waals surface area (Å²) in [5.41, 5.74) is -1.45. The highest BCUT2D eigenvalue weighted by Gasteiger charge is 2.49. The Hall–Kier alpha value is -2.89. The molecule has 0 spiro atoms. The predicted octanol–water partition coefficient (Wildman–Crippen LogP) is 2.93. The van der Waals surface area contributed by atoms with Gasteiger partial charge in [-0.15, -0.1) is 0 Å². The summed E-state index contributed by atoms with van der Waals surface area (Å²) in [6, 6.07) is 10.3. The van der Waals surface area contributed by atoms with Gasteiger partial charge in [-0.3, -0.25) is 14.3 Å². The Morgan fingerprint density at radius 2 is 1.76 bits per heavy atom. The fourth-order valence-electron chi connectivity index (χ4n) is 5.17. The van der Waals surface area contributed by atoms with Crippen LogP contribution in [0.3, 0.4) is 0 Å². The smallest absolute Gasteiger partial charge is 0.265 e. The van der Waals surface area contributed by atoms with Gasteiger partial charge in [0.1, 0.15) is 29.0 Å². The molecule has 2 aromatic rings. The summed E-state index contributed by atoms with van der Waals surface area (Å²) < 4.78 is 52.0. The number of halogens is 2. The van der Waals surface area contributed by atoms with Crippen molar-refractivity contribution < 1.29 is 37.0 Å². The summed E-state index contributed by atoms with van der Waals surface area (Å²) in [6.07, 6.45) is 3.32. The van der Waals surface area contributed by atoms with Gasteiger partial charge >= 0.3 is 0 Å². The summed E-state index contributed by atoms with van der Waals surface area (Å²) in [7, 11) is -4.15. The maximum atomic E-state index is 13.2. The topological polar surface area (TPSA) is 122 Å². The molecule has 2 bridgehead atoms. The van der Waals surface area contributed by atoms with Crippen molar-refractivity contribution in [1.82, 2.24) is 9.62 Å². The van der Waals surface area contributed by atoms with Gasteiger partial charge in [0.05, 0.1) is 5.75 Å². The van der Waals surface area contributed by atoms with Gasteiger partial charge in [0, 0.05) is 35.5 Å². The van der Waals surface area contributed by atoms with Gasteiger partial charge in [-0.25, -0.2) is 12.8 Å². The first-order valence-corrected chi connectivity index (χ1v) is 14.5. The molecule has 3 aliphatic rings. The number of amides is 2. The van der Waals surface area contributed by atoms with Crippen LogP contribution in [0.1, 0.15) is 44.1 Å². The van der Waals surface area contributed by atoms with Crippen LogP contribution in [-0.2, 0) is 25.4 Å². The Morgan fingerprint density at radius 3 is 2.39 bits per heavy atom. The lowest BCUT2D eigenvalue weighted by atomic mass is 9.99. The van der Waals surface area contributed by atoms with Crippen LogP contribution in [0.5, 0.6) is 11.5 Å². The molecule has 2 aromatic carbocycles. The van der Waals surface area contributed by atoms with Crippen molar-refractivity contribution >= 4 is 33.4 Å². The van der Waals surface area contributed by atoms with E-state index in [2.05, 4.69) is 0 Å². The van der Waals surface area contributed by atoms with Crippen LogP contribution in [0.2, 0.25) is 5.02 Å². The molecule has 2 heterocycles. The molecule has 0 aromatic heterocycles.